The van der Waals surface area contributed by atoms with Crippen molar-refractivity contribution in [1.82, 2.24) is 0 Å². The van der Waals surface area contributed by atoms with Crippen LogP contribution in [0.3, 0.4) is 0 Å². The molecule has 1 aliphatic carbocycles. The molecule has 0 radical (unpaired) electrons. The molecule has 2 atom stereocenters. The summed E-state index contributed by atoms with van der Waals surface area (Å²) in [7, 11) is 0. The van der Waals surface area contributed by atoms with E-state index < -0.39 is 12.1 Å². The van der Waals surface area contributed by atoms with Gasteiger partial charge in [-0.2, -0.15) is 0 Å². The van der Waals surface area contributed by atoms with Gasteiger partial charge in [-0.15, -0.1) is 0 Å². The molecule has 0 aliphatic heterocycles. The number of hydrogen-bond donors (Lipinski definition) is 3. The number of rotatable bonds is 3. The van der Waals surface area contributed by atoms with Crippen molar-refractivity contribution < 1.29 is 10.2 Å². The summed E-state index contributed by atoms with van der Waals surface area (Å²) < 4.78 is 0. The molecule has 0 saturated heterocycles. The second kappa shape index (κ2) is 5.72. The van der Waals surface area contributed by atoms with Gasteiger partial charge in [-0.25, -0.2) is 0 Å². The lowest BCUT2D eigenvalue weighted by molar-refractivity contribution is 0.0611. The lowest BCUT2D eigenvalue weighted by atomic mass is 9.81. The van der Waals surface area contributed by atoms with Gasteiger partial charge in [0, 0.05) is 5.56 Å². The number of aliphatic hydroxyl groups is 1. The van der Waals surface area contributed by atoms with E-state index in [1.54, 1.807) is 6.07 Å². The number of aryl methyl sites for hydroxylation is 1. The van der Waals surface area contributed by atoms with E-state index in [1.807, 2.05) is 19.1 Å². The monoisotopic (exact) mass is 249 g/mol. The Kier molecular flexibility index (Phi) is 4.25. The largest absolute Gasteiger partial charge is 0.508 e. The van der Waals surface area contributed by atoms with Crippen LogP contribution >= 0.6 is 0 Å². The first-order valence-electron chi connectivity index (χ1n) is 6.83. The molecule has 0 bridgehead atoms. The first-order chi connectivity index (χ1) is 8.59. The standard InChI is InChI=1S/C15H23NO2/c1-10-7-8-12(13(17)9-10)14(16)15(18)11-5-3-2-4-6-11/h7-9,11,14-15,17-18H,2-6,16H2,1H3/t14-,15+/m0/s1. The Hall–Kier alpha value is -1.06. The summed E-state index contributed by atoms with van der Waals surface area (Å²) in [4.78, 5) is 0. The second-order valence-corrected chi connectivity index (χ2v) is 5.48. The van der Waals surface area contributed by atoms with Gasteiger partial charge in [-0.05, 0) is 37.3 Å². The van der Waals surface area contributed by atoms with Gasteiger partial charge in [0.25, 0.3) is 0 Å². The van der Waals surface area contributed by atoms with E-state index in [9.17, 15) is 10.2 Å². The molecular weight excluding hydrogens is 226 g/mol. The molecule has 100 valence electrons. The van der Waals surface area contributed by atoms with Gasteiger partial charge in [0.2, 0.25) is 0 Å². The SMILES string of the molecule is Cc1ccc([C@H](N)[C@H](O)C2CCCCC2)c(O)c1. The van der Waals surface area contributed by atoms with E-state index in [4.69, 9.17) is 5.73 Å². The van der Waals surface area contributed by atoms with Gasteiger partial charge in [-0.3, -0.25) is 0 Å². The van der Waals surface area contributed by atoms with Crippen LogP contribution in [0.2, 0.25) is 0 Å². The fourth-order valence-electron chi connectivity index (χ4n) is 2.89. The predicted octanol–water partition coefficient (Wildman–Crippen LogP) is 2.64. The maximum absolute atomic E-state index is 10.4. The highest BCUT2D eigenvalue weighted by molar-refractivity contribution is 5.38. The number of benzene rings is 1. The number of phenols is 1. The molecule has 0 spiro atoms. The molecule has 1 aromatic carbocycles. The Morgan fingerprint density at radius 2 is 1.89 bits per heavy atom. The van der Waals surface area contributed by atoms with Crippen LogP contribution in [0.15, 0.2) is 18.2 Å². The van der Waals surface area contributed by atoms with E-state index in [0.717, 1.165) is 18.4 Å². The molecular formula is C15H23NO2. The van der Waals surface area contributed by atoms with Crippen molar-refractivity contribution in [3.8, 4) is 5.75 Å². The molecule has 3 nitrogen and oxygen atoms in total. The molecule has 1 saturated carbocycles. The summed E-state index contributed by atoms with van der Waals surface area (Å²) >= 11 is 0. The van der Waals surface area contributed by atoms with Crippen molar-refractivity contribution in [3.63, 3.8) is 0 Å². The van der Waals surface area contributed by atoms with Crippen LogP contribution in [0.5, 0.6) is 5.75 Å². The maximum Gasteiger partial charge on any atom is 0.120 e. The van der Waals surface area contributed by atoms with Crippen molar-refractivity contribution in [2.24, 2.45) is 11.7 Å². The molecule has 0 heterocycles. The molecule has 1 aliphatic rings. The Morgan fingerprint density at radius 3 is 2.50 bits per heavy atom. The van der Waals surface area contributed by atoms with Crippen LogP contribution in [0.4, 0.5) is 0 Å². The van der Waals surface area contributed by atoms with Gasteiger partial charge in [-0.1, -0.05) is 31.4 Å². The molecule has 0 unspecified atom stereocenters. The van der Waals surface area contributed by atoms with Crippen LogP contribution in [-0.4, -0.2) is 16.3 Å². The van der Waals surface area contributed by atoms with Crippen molar-refractivity contribution >= 4 is 0 Å². The van der Waals surface area contributed by atoms with Gasteiger partial charge < -0.3 is 15.9 Å². The fraction of sp³-hybridized carbons (Fsp3) is 0.600. The Morgan fingerprint density at radius 1 is 1.22 bits per heavy atom. The molecule has 4 N–H and O–H groups in total. The molecule has 0 amide bonds. The summed E-state index contributed by atoms with van der Waals surface area (Å²) in [5, 5.41) is 20.3. The minimum atomic E-state index is -0.557. The highest BCUT2D eigenvalue weighted by Crippen LogP contribution is 2.34. The van der Waals surface area contributed by atoms with Crippen molar-refractivity contribution in [2.45, 2.75) is 51.2 Å². The summed E-state index contributed by atoms with van der Waals surface area (Å²) in [5.74, 6) is 0.465. The smallest absolute Gasteiger partial charge is 0.120 e. The lowest BCUT2D eigenvalue weighted by Crippen LogP contribution is -2.34. The van der Waals surface area contributed by atoms with Crippen molar-refractivity contribution in [3.05, 3.63) is 29.3 Å². The number of aromatic hydroxyl groups is 1. The maximum atomic E-state index is 10.4. The molecule has 0 aromatic heterocycles. The minimum Gasteiger partial charge on any atom is -0.508 e. The number of phenolic OH excluding ortho intramolecular Hbond substituents is 1. The Bertz CT molecular complexity index is 399. The quantitative estimate of drug-likeness (QED) is 0.771. The van der Waals surface area contributed by atoms with Crippen molar-refractivity contribution in [1.29, 1.82) is 0 Å². The topological polar surface area (TPSA) is 66.5 Å². The summed E-state index contributed by atoms with van der Waals surface area (Å²) in [6.45, 7) is 1.92. The summed E-state index contributed by atoms with van der Waals surface area (Å²) in [5.41, 5.74) is 7.76. The highest BCUT2D eigenvalue weighted by Gasteiger charge is 2.28. The van der Waals surface area contributed by atoms with Crippen LogP contribution in [0.25, 0.3) is 0 Å². The van der Waals surface area contributed by atoms with Gasteiger partial charge in [0.05, 0.1) is 12.1 Å². The van der Waals surface area contributed by atoms with E-state index in [-0.39, 0.29) is 11.7 Å². The number of nitrogens with two attached hydrogens (primary N) is 1. The molecule has 1 aromatic rings. The van der Waals surface area contributed by atoms with Gasteiger partial charge in [0.15, 0.2) is 0 Å². The first-order valence-corrected chi connectivity index (χ1v) is 6.83. The Labute approximate surface area is 109 Å². The fourth-order valence-corrected chi connectivity index (χ4v) is 2.89. The molecule has 1 fully saturated rings. The van der Waals surface area contributed by atoms with Crippen LogP contribution < -0.4 is 5.73 Å². The van der Waals surface area contributed by atoms with E-state index in [2.05, 4.69) is 0 Å². The number of hydrogen-bond acceptors (Lipinski definition) is 3. The second-order valence-electron chi connectivity index (χ2n) is 5.48. The zero-order valence-corrected chi connectivity index (χ0v) is 11.0. The average molecular weight is 249 g/mol. The van der Waals surface area contributed by atoms with Crippen molar-refractivity contribution in [2.75, 3.05) is 0 Å². The van der Waals surface area contributed by atoms with Crippen LogP contribution in [0, 0.1) is 12.8 Å². The zero-order valence-electron chi connectivity index (χ0n) is 11.0. The predicted molar refractivity (Wildman–Crippen MR) is 72.4 cm³/mol. The van der Waals surface area contributed by atoms with E-state index in [0.29, 0.717) is 5.56 Å². The average Bonchev–Trinajstić information content (AvgIpc) is 2.38. The summed E-state index contributed by atoms with van der Waals surface area (Å²) in [6, 6.07) is 4.95. The zero-order chi connectivity index (χ0) is 13.1. The molecule has 2 rings (SSSR count). The first kappa shape index (κ1) is 13.4. The Balaban J connectivity index is 2.11. The highest BCUT2D eigenvalue weighted by atomic mass is 16.3. The minimum absolute atomic E-state index is 0.192. The van der Waals surface area contributed by atoms with Gasteiger partial charge in [0.1, 0.15) is 5.75 Å². The third-order valence-corrected chi connectivity index (χ3v) is 4.05. The van der Waals surface area contributed by atoms with E-state index >= 15 is 0 Å². The van der Waals surface area contributed by atoms with E-state index in [1.165, 1.54) is 19.3 Å². The third kappa shape index (κ3) is 2.85. The number of aliphatic hydroxyl groups excluding tert-OH is 1. The summed E-state index contributed by atoms with van der Waals surface area (Å²) in [6.07, 6.45) is 5.14. The molecule has 18 heavy (non-hydrogen) atoms. The molecule has 3 heteroatoms. The van der Waals surface area contributed by atoms with Crippen LogP contribution in [0.1, 0.15) is 49.3 Å². The van der Waals surface area contributed by atoms with Crippen LogP contribution in [-0.2, 0) is 0 Å². The van der Waals surface area contributed by atoms with Gasteiger partial charge >= 0.3 is 0 Å². The third-order valence-electron chi connectivity index (χ3n) is 4.05. The lowest BCUT2D eigenvalue weighted by Gasteiger charge is -2.30. The normalized spacial score (nSPS) is 20.6.